The van der Waals surface area contributed by atoms with E-state index in [1.807, 2.05) is 13.8 Å². The molecule has 1 N–H and O–H groups in total. The molecule has 2 aromatic heterocycles. The number of hydrogen-bond acceptors (Lipinski definition) is 4. The van der Waals surface area contributed by atoms with Gasteiger partial charge in [0.05, 0.1) is 12.3 Å². The first kappa shape index (κ1) is 17.6. The lowest BCUT2D eigenvalue weighted by Crippen LogP contribution is -2.37. The number of aromatic nitrogens is 2. The molecule has 0 spiro atoms. The van der Waals surface area contributed by atoms with Crippen LogP contribution < -0.4 is 0 Å². The summed E-state index contributed by atoms with van der Waals surface area (Å²) in [6.07, 6.45) is 1.79. The van der Waals surface area contributed by atoms with Crippen molar-refractivity contribution in [2.75, 3.05) is 19.7 Å². The fraction of sp³-hybridized carbons (Fsp3) is 0.333. The smallest absolute Gasteiger partial charge is 0.271 e. The molecule has 1 amide bonds. The maximum absolute atomic E-state index is 13.1. The second kappa shape index (κ2) is 7.33. The SMILES string of the molecule is CC(C)CN(CCO)C(=O)c1csc2nc(-c3ccc(F)cc3)cn12. The summed E-state index contributed by atoms with van der Waals surface area (Å²) >= 11 is 1.38. The van der Waals surface area contributed by atoms with Crippen LogP contribution in [-0.4, -0.2) is 45.0 Å². The Kier molecular flexibility index (Phi) is 5.15. The van der Waals surface area contributed by atoms with Crippen LogP contribution in [0, 0.1) is 11.7 Å². The van der Waals surface area contributed by atoms with Crippen molar-refractivity contribution in [3.63, 3.8) is 0 Å². The second-order valence-corrected chi connectivity index (χ2v) is 7.11. The van der Waals surface area contributed by atoms with Gasteiger partial charge in [-0.1, -0.05) is 13.8 Å². The van der Waals surface area contributed by atoms with Crippen LogP contribution in [0.5, 0.6) is 0 Å². The highest BCUT2D eigenvalue weighted by Gasteiger charge is 2.21. The Morgan fingerprint density at radius 3 is 2.72 bits per heavy atom. The molecule has 25 heavy (non-hydrogen) atoms. The highest BCUT2D eigenvalue weighted by Crippen LogP contribution is 2.24. The first-order valence-electron chi connectivity index (χ1n) is 8.12. The summed E-state index contributed by atoms with van der Waals surface area (Å²) in [6, 6.07) is 6.11. The van der Waals surface area contributed by atoms with Crippen LogP contribution in [0.3, 0.4) is 0 Å². The number of imidazole rings is 1. The number of rotatable bonds is 6. The summed E-state index contributed by atoms with van der Waals surface area (Å²) in [5.74, 6) is -0.117. The molecule has 7 heteroatoms. The zero-order valence-electron chi connectivity index (χ0n) is 14.1. The molecule has 0 radical (unpaired) electrons. The summed E-state index contributed by atoms with van der Waals surface area (Å²) in [6.45, 7) is 4.87. The van der Waals surface area contributed by atoms with E-state index in [1.165, 1.54) is 23.5 Å². The van der Waals surface area contributed by atoms with Gasteiger partial charge in [-0.05, 0) is 30.2 Å². The van der Waals surface area contributed by atoms with Gasteiger partial charge in [0.25, 0.3) is 5.91 Å². The van der Waals surface area contributed by atoms with E-state index >= 15 is 0 Å². The molecule has 0 bridgehead atoms. The van der Waals surface area contributed by atoms with Gasteiger partial charge in [0.1, 0.15) is 11.5 Å². The van der Waals surface area contributed by atoms with Gasteiger partial charge >= 0.3 is 0 Å². The van der Waals surface area contributed by atoms with E-state index in [4.69, 9.17) is 0 Å². The molecule has 1 aromatic carbocycles. The number of fused-ring (bicyclic) bond motifs is 1. The number of thiazole rings is 1. The lowest BCUT2D eigenvalue weighted by Gasteiger charge is -2.23. The molecule has 3 aromatic rings. The van der Waals surface area contributed by atoms with Crippen LogP contribution >= 0.6 is 11.3 Å². The maximum Gasteiger partial charge on any atom is 0.271 e. The maximum atomic E-state index is 13.1. The normalized spacial score (nSPS) is 11.4. The first-order chi connectivity index (χ1) is 12.0. The largest absolute Gasteiger partial charge is 0.395 e. The standard InChI is InChI=1S/C18H20FN3O2S/c1-12(2)9-21(7-8-23)17(24)16-11-25-18-20-15(10-22(16)18)13-3-5-14(19)6-4-13/h3-6,10-12,23H,7-9H2,1-2H3. The first-order valence-corrected chi connectivity index (χ1v) is 9.00. The van der Waals surface area contributed by atoms with Gasteiger partial charge in [-0.2, -0.15) is 0 Å². The Balaban J connectivity index is 1.94. The number of aliphatic hydroxyl groups excluding tert-OH is 1. The fourth-order valence-electron chi connectivity index (χ4n) is 2.70. The van der Waals surface area contributed by atoms with Gasteiger partial charge in [-0.3, -0.25) is 9.20 Å². The Labute approximate surface area is 149 Å². The molecule has 0 atom stereocenters. The van der Waals surface area contributed by atoms with E-state index in [1.54, 1.807) is 33.0 Å². The molecule has 132 valence electrons. The van der Waals surface area contributed by atoms with Gasteiger partial charge in [0, 0.05) is 30.2 Å². The molecule has 5 nitrogen and oxygen atoms in total. The van der Waals surface area contributed by atoms with Gasteiger partial charge in [0.15, 0.2) is 4.96 Å². The van der Waals surface area contributed by atoms with E-state index in [-0.39, 0.29) is 18.3 Å². The monoisotopic (exact) mass is 361 g/mol. The van der Waals surface area contributed by atoms with Gasteiger partial charge < -0.3 is 10.0 Å². The molecule has 0 unspecified atom stereocenters. The number of nitrogens with zero attached hydrogens (tertiary/aromatic N) is 3. The Hall–Kier alpha value is -2.25. The molecule has 0 saturated heterocycles. The van der Waals surface area contributed by atoms with Crippen molar-refractivity contribution in [1.29, 1.82) is 0 Å². The minimum absolute atomic E-state index is 0.0729. The van der Waals surface area contributed by atoms with Crippen LogP contribution in [0.2, 0.25) is 0 Å². The fourth-order valence-corrected chi connectivity index (χ4v) is 3.54. The molecule has 0 fully saturated rings. The van der Waals surface area contributed by atoms with E-state index in [0.717, 1.165) is 5.56 Å². The van der Waals surface area contributed by atoms with Crippen molar-refractivity contribution in [1.82, 2.24) is 14.3 Å². The average Bonchev–Trinajstić information content (AvgIpc) is 3.14. The quantitative estimate of drug-likeness (QED) is 0.733. The highest BCUT2D eigenvalue weighted by molar-refractivity contribution is 7.15. The van der Waals surface area contributed by atoms with E-state index in [0.29, 0.717) is 35.4 Å². The predicted octanol–water partition coefficient (Wildman–Crippen LogP) is 3.29. The molecule has 0 aliphatic heterocycles. The zero-order valence-corrected chi connectivity index (χ0v) is 15.0. The van der Waals surface area contributed by atoms with E-state index in [2.05, 4.69) is 4.98 Å². The van der Waals surface area contributed by atoms with E-state index < -0.39 is 0 Å². The third-order valence-corrected chi connectivity index (χ3v) is 4.65. The van der Waals surface area contributed by atoms with Crippen LogP contribution in [0.25, 0.3) is 16.2 Å². The molecule has 0 aliphatic rings. The topological polar surface area (TPSA) is 57.8 Å². The second-order valence-electron chi connectivity index (χ2n) is 6.28. The van der Waals surface area contributed by atoms with Crippen molar-refractivity contribution in [3.05, 3.63) is 47.4 Å². The zero-order chi connectivity index (χ0) is 18.0. The molecule has 3 rings (SSSR count). The number of carbonyl (C=O) groups is 1. The number of benzene rings is 1. The molecular weight excluding hydrogens is 341 g/mol. The lowest BCUT2D eigenvalue weighted by molar-refractivity contribution is 0.0693. The van der Waals surface area contributed by atoms with Gasteiger partial charge in [-0.25, -0.2) is 9.37 Å². The average molecular weight is 361 g/mol. The lowest BCUT2D eigenvalue weighted by atomic mass is 10.2. The number of aliphatic hydroxyl groups is 1. The number of halogens is 1. The molecule has 0 aliphatic carbocycles. The van der Waals surface area contributed by atoms with Crippen LogP contribution in [0.4, 0.5) is 4.39 Å². The molecule has 2 heterocycles. The van der Waals surface area contributed by atoms with Gasteiger partial charge in [-0.15, -0.1) is 11.3 Å². The summed E-state index contributed by atoms with van der Waals surface area (Å²) in [7, 11) is 0. The molecular formula is C18H20FN3O2S. The number of hydrogen-bond donors (Lipinski definition) is 1. The third kappa shape index (κ3) is 3.72. The number of amides is 1. The van der Waals surface area contributed by atoms with Crippen LogP contribution in [0.1, 0.15) is 24.3 Å². The van der Waals surface area contributed by atoms with Crippen LogP contribution in [-0.2, 0) is 0 Å². The van der Waals surface area contributed by atoms with Gasteiger partial charge in [0.2, 0.25) is 0 Å². The summed E-state index contributed by atoms with van der Waals surface area (Å²) in [5, 5.41) is 11.0. The highest BCUT2D eigenvalue weighted by atomic mass is 32.1. The molecule has 0 saturated carbocycles. The van der Waals surface area contributed by atoms with Crippen LogP contribution in [0.15, 0.2) is 35.8 Å². The number of carbonyl (C=O) groups excluding carboxylic acids is 1. The van der Waals surface area contributed by atoms with E-state index in [9.17, 15) is 14.3 Å². The minimum Gasteiger partial charge on any atom is -0.395 e. The van der Waals surface area contributed by atoms with Crippen molar-refractivity contribution < 1.29 is 14.3 Å². The van der Waals surface area contributed by atoms with Crippen molar-refractivity contribution >= 4 is 22.2 Å². The van der Waals surface area contributed by atoms with Crippen molar-refractivity contribution in [3.8, 4) is 11.3 Å². The summed E-state index contributed by atoms with van der Waals surface area (Å²) in [5.41, 5.74) is 2.01. The minimum atomic E-state index is -0.297. The van der Waals surface area contributed by atoms with Crippen molar-refractivity contribution in [2.24, 2.45) is 5.92 Å². The Bertz CT molecular complexity index is 870. The predicted molar refractivity (Wildman–Crippen MR) is 96.3 cm³/mol. The Morgan fingerprint density at radius 1 is 1.36 bits per heavy atom. The summed E-state index contributed by atoms with van der Waals surface area (Å²) < 4.78 is 14.8. The summed E-state index contributed by atoms with van der Waals surface area (Å²) in [4.78, 5) is 19.7. The van der Waals surface area contributed by atoms with Crippen molar-refractivity contribution in [2.45, 2.75) is 13.8 Å². The Morgan fingerprint density at radius 2 is 2.08 bits per heavy atom. The third-order valence-electron chi connectivity index (χ3n) is 3.81.